The summed E-state index contributed by atoms with van der Waals surface area (Å²) >= 11 is 1.23. The molecule has 3 aromatic rings. The molecule has 3 rings (SSSR count). The van der Waals surface area contributed by atoms with E-state index in [9.17, 15) is 14.7 Å². The van der Waals surface area contributed by atoms with Crippen molar-refractivity contribution in [2.75, 3.05) is 11.1 Å². The Morgan fingerprint density at radius 1 is 1.19 bits per heavy atom. The number of hydrogen-bond donors (Lipinski definition) is 1. The molecule has 1 aromatic carbocycles. The largest absolute Gasteiger partial charge is 0.545 e. The molecule has 1 amide bonds. The van der Waals surface area contributed by atoms with E-state index in [4.69, 9.17) is 0 Å². The maximum atomic E-state index is 12.1. The van der Waals surface area contributed by atoms with Crippen LogP contribution in [0.3, 0.4) is 0 Å². The summed E-state index contributed by atoms with van der Waals surface area (Å²) in [5, 5.41) is 22.3. The fourth-order valence-corrected chi connectivity index (χ4v) is 2.96. The normalized spacial score (nSPS) is 10.5. The average Bonchev–Trinajstić information content (AvgIpc) is 3.01. The first-order valence-electron chi connectivity index (χ1n) is 7.58. The number of carbonyl (C=O) groups is 2. The van der Waals surface area contributed by atoms with Gasteiger partial charge in [-0.15, -0.1) is 10.2 Å². The Kier molecular flexibility index (Phi) is 5.28. The number of aromatic carboxylic acids is 1. The number of carboxylic acid groups (broad SMARTS) is 1. The molecule has 26 heavy (non-hydrogen) atoms. The summed E-state index contributed by atoms with van der Waals surface area (Å²) in [4.78, 5) is 26.9. The van der Waals surface area contributed by atoms with E-state index >= 15 is 0 Å². The molecule has 0 saturated heterocycles. The van der Waals surface area contributed by atoms with E-state index in [0.29, 0.717) is 16.7 Å². The van der Waals surface area contributed by atoms with Gasteiger partial charge >= 0.3 is 0 Å². The van der Waals surface area contributed by atoms with Crippen LogP contribution < -0.4 is 10.4 Å². The second-order valence-electron chi connectivity index (χ2n) is 5.31. The number of carbonyl (C=O) groups excluding carboxylic acids is 2. The predicted molar refractivity (Wildman–Crippen MR) is 94.4 cm³/mol. The van der Waals surface area contributed by atoms with Crippen LogP contribution in [0.2, 0.25) is 0 Å². The van der Waals surface area contributed by atoms with Gasteiger partial charge in [-0.05, 0) is 29.8 Å². The molecule has 0 fully saturated rings. The van der Waals surface area contributed by atoms with E-state index in [1.807, 2.05) is 19.2 Å². The fraction of sp³-hybridized carbons (Fsp3) is 0.118. The lowest BCUT2D eigenvalue weighted by Crippen LogP contribution is -2.22. The van der Waals surface area contributed by atoms with Crippen molar-refractivity contribution in [3.05, 3.63) is 54.4 Å². The van der Waals surface area contributed by atoms with Gasteiger partial charge in [0.05, 0.1) is 11.7 Å². The quantitative estimate of drug-likeness (QED) is 0.645. The SMILES string of the molecule is Cn1c(SCC(=O)Nc2cccc(C(=O)[O-])c2)nnc1-c1ccncc1. The minimum absolute atomic E-state index is 0.00532. The molecule has 0 saturated carbocycles. The molecule has 0 aliphatic heterocycles. The zero-order chi connectivity index (χ0) is 18.5. The summed E-state index contributed by atoms with van der Waals surface area (Å²) in [7, 11) is 1.82. The zero-order valence-corrected chi connectivity index (χ0v) is 14.6. The minimum atomic E-state index is -1.29. The molecule has 8 nitrogen and oxygen atoms in total. The first kappa shape index (κ1) is 17.6. The number of amides is 1. The van der Waals surface area contributed by atoms with Gasteiger partial charge in [-0.1, -0.05) is 23.9 Å². The molecule has 0 radical (unpaired) electrons. The lowest BCUT2D eigenvalue weighted by molar-refractivity contribution is -0.255. The smallest absolute Gasteiger partial charge is 0.234 e. The van der Waals surface area contributed by atoms with E-state index in [0.717, 1.165) is 5.56 Å². The number of anilines is 1. The fourth-order valence-electron chi connectivity index (χ4n) is 2.24. The van der Waals surface area contributed by atoms with Gasteiger partial charge in [-0.3, -0.25) is 9.78 Å². The van der Waals surface area contributed by atoms with Gasteiger partial charge in [0, 0.05) is 30.7 Å². The summed E-state index contributed by atoms with van der Waals surface area (Å²) in [6.45, 7) is 0. The van der Waals surface area contributed by atoms with E-state index in [1.165, 1.54) is 30.0 Å². The van der Waals surface area contributed by atoms with E-state index < -0.39 is 5.97 Å². The van der Waals surface area contributed by atoms with Crippen molar-refractivity contribution in [3.8, 4) is 11.4 Å². The predicted octanol–water partition coefficient (Wildman–Crippen LogP) is 0.971. The van der Waals surface area contributed by atoms with Crippen molar-refractivity contribution in [1.82, 2.24) is 19.7 Å². The topological polar surface area (TPSA) is 113 Å². The first-order chi connectivity index (χ1) is 12.5. The van der Waals surface area contributed by atoms with Gasteiger partial charge in [0.1, 0.15) is 0 Å². The zero-order valence-electron chi connectivity index (χ0n) is 13.7. The number of pyridine rings is 1. The van der Waals surface area contributed by atoms with Gasteiger partial charge in [-0.25, -0.2) is 0 Å². The van der Waals surface area contributed by atoms with Crippen LogP contribution in [0.5, 0.6) is 0 Å². The van der Waals surface area contributed by atoms with Crippen molar-refractivity contribution in [3.63, 3.8) is 0 Å². The number of hydrogen-bond acceptors (Lipinski definition) is 7. The third kappa shape index (κ3) is 4.06. The van der Waals surface area contributed by atoms with Gasteiger partial charge in [0.25, 0.3) is 0 Å². The summed E-state index contributed by atoms with van der Waals surface area (Å²) < 4.78 is 1.80. The Bertz CT molecular complexity index is 943. The summed E-state index contributed by atoms with van der Waals surface area (Å²) in [6, 6.07) is 9.56. The summed E-state index contributed by atoms with van der Waals surface area (Å²) in [5.41, 5.74) is 1.28. The lowest BCUT2D eigenvalue weighted by Gasteiger charge is -2.08. The van der Waals surface area contributed by atoms with Crippen molar-refractivity contribution < 1.29 is 14.7 Å². The number of nitrogens with zero attached hydrogens (tertiary/aromatic N) is 4. The van der Waals surface area contributed by atoms with Crippen LogP contribution in [0.4, 0.5) is 5.69 Å². The molecule has 2 heterocycles. The average molecular weight is 368 g/mol. The number of nitrogens with one attached hydrogen (secondary N) is 1. The van der Waals surface area contributed by atoms with Crippen LogP contribution >= 0.6 is 11.8 Å². The van der Waals surface area contributed by atoms with E-state index in [-0.39, 0.29) is 17.2 Å². The van der Waals surface area contributed by atoms with Crippen LogP contribution in [-0.4, -0.2) is 37.4 Å². The second-order valence-corrected chi connectivity index (χ2v) is 6.25. The number of benzene rings is 1. The lowest BCUT2D eigenvalue weighted by atomic mass is 10.2. The van der Waals surface area contributed by atoms with Crippen molar-refractivity contribution in [2.24, 2.45) is 7.05 Å². The van der Waals surface area contributed by atoms with E-state index in [1.54, 1.807) is 23.0 Å². The van der Waals surface area contributed by atoms with Crippen LogP contribution in [-0.2, 0) is 11.8 Å². The molecule has 0 spiro atoms. The van der Waals surface area contributed by atoms with E-state index in [2.05, 4.69) is 20.5 Å². The molecule has 1 N–H and O–H groups in total. The minimum Gasteiger partial charge on any atom is -0.545 e. The molecule has 0 bridgehead atoms. The molecule has 2 aromatic heterocycles. The molecule has 9 heteroatoms. The van der Waals surface area contributed by atoms with Crippen LogP contribution in [0.15, 0.2) is 53.9 Å². The molecular formula is C17H14N5O3S-. The molecule has 132 valence electrons. The Morgan fingerprint density at radius 2 is 1.96 bits per heavy atom. The molecule has 0 atom stereocenters. The number of thioether (sulfide) groups is 1. The highest BCUT2D eigenvalue weighted by atomic mass is 32.2. The first-order valence-corrected chi connectivity index (χ1v) is 8.57. The third-order valence-corrected chi connectivity index (χ3v) is 4.51. The van der Waals surface area contributed by atoms with Crippen molar-refractivity contribution >= 4 is 29.3 Å². The second kappa shape index (κ2) is 7.79. The number of aromatic nitrogens is 4. The van der Waals surface area contributed by atoms with Gasteiger partial charge in [-0.2, -0.15) is 0 Å². The van der Waals surface area contributed by atoms with Gasteiger partial charge < -0.3 is 19.8 Å². The van der Waals surface area contributed by atoms with Gasteiger partial charge in [0.2, 0.25) is 5.91 Å². The maximum absolute atomic E-state index is 12.1. The molecular weight excluding hydrogens is 354 g/mol. The van der Waals surface area contributed by atoms with Gasteiger partial charge in [0.15, 0.2) is 11.0 Å². The Morgan fingerprint density at radius 3 is 2.69 bits per heavy atom. The highest BCUT2D eigenvalue weighted by Gasteiger charge is 2.13. The molecule has 0 aliphatic carbocycles. The Balaban J connectivity index is 1.63. The van der Waals surface area contributed by atoms with Crippen molar-refractivity contribution in [1.29, 1.82) is 0 Å². The monoisotopic (exact) mass is 368 g/mol. The number of carboxylic acids is 1. The standard InChI is InChI=1S/C17H15N5O3S/c1-22-15(11-5-7-18-8-6-11)20-21-17(22)26-10-14(23)19-13-4-2-3-12(9-13)16(24)25/h2-9H,10H2,1H3,(H,19,23)(H,24,25)/p-1. The number of rotatable bonds is 6. The highest BCUT2D eigenvalue weighted by Crippen LogP contribution is 2.22. The van der Waals surface area contributed by atoms with Crippen LogP contribution in [0, 0.1) is 0 Å². The summed E-state index contributed by atoms with van der Waals surface area (Å²) in [6.07, 6.45) is 3.34. The molecule has 0 unspecified atom stereocenters. The Labute approximate surface area is 153 Å². The van der Waals surface area contributed by atoms with Crippen molar-refractivity contribution in [2.45, 2.75) is 5.16 Å². The van der Waals surface area contributed by atoms with Crippen LogP contribution in [0.25, 0.3) is 11.4 Å². The molecule has 0 aliphatic rings. The Hall–Kier alpha value is -3.20. The van der Waals surface area contributed by atoms with Crippen LogP contribution in [0.1, 0.15) is 10.4 Å². The third-order valence-electron chi connectivity index (χ3n) is 3.49. The maximum Gasteiger partial charge on any atom is 0.234 e. The highest BCUT2D eigenvalue weighted by molar-refractivity contribution is 7.99. The summed E-state index contributed by atoms with van der Waals surface area (Å²) in [5.74, 6) is -0.785.